The Hall–Kier alpha value is -1.89. The Morgan fingerprint density at radius 2 is 1.74 bits per heavy atom. The maximum atomic E-state index is 12.5. The number of hydrogen-bond donors (Lipinski definition) is 0. The fraction of sp³-hybridized carbons (Fsp3) is 0.333. The van der Waals surface area contributed by atoms with E-state index in [2.05, 4.69) is 31.2 Å². The molecule has 0 saturated carbocycles. The van der Waals surface area contributed by atoms with E-state index in [1.54, 1.807) is 12.0 Å². The highest BCUT2D eigenvalue weighted by Gasteiger charge is 2.36. The summed E-state index contributed by atoms with van der Waals surface area (Å²) in [6.45, 7) is 3.62. The van der Waals surface area contributed by atoms with E-state index in [-0.39, 0.29) is 11.2 Å². The second-order valence-electron chi connectivity index (χ2n) is 6.48. The molecular formula is C21H23NO3S2. The first kappa shape index (κ1) is 19.9. The number of thiocarbonyl (C=S) groups is 1. The number of ether oxygens (including phenoxy) is 2. The van der Waals surface area contributed by atoms with Crippen molar-refractivity contribution < 1.29 is 14.3 Å². The molecular weight excluding hydrogens is 378 g/mol. The normalized spacial score (nSPS) is 16.8. The zero-order valence-corrected chi connectivity index (χ0v) is 17.1. The lowest BCUT2D eigenvalue weighted by molar-refractivity contribution is -0.126. The number of aryl methyl sites for hydroxylation is 1. The molecule has 1 atom stereocenters. The Bertz CT molecular complexity index is 790. The van der Waals surface area contributed by atoms with Crippen LogP contribution in [0.25, 0.3) is 0 Å². The molecule has 0 aliphatic carbocycles. The molecule has 0 N–H and O–H groups in total. The lowest BCUT2D eigenvalue weighted by atomic mass is 10.1. The highest BCUT2D eigenvalue weighted by atomic mass is 32.2. The van der Waals surface area contributed by atoms with E-state index in [1.165, 1.54) is 17.3 Å². The maximum Gasteiger partial charge on any atom is 0.242 e. The number of carbonyl (C=O) groups excluding carboxylic acids is 1. The predicted molar refractivity (Wildman–Crippen MR) is 113 cm³/mol. The Labute approximate surface area is 169 Å². The van der Waals surface area contributed by atoms with Crippen LogP contribution in [0.2, 0.25) is 0 Å². The van der Waals surface area contributed by atoms with Crippen molar-refractivity contribution in [3.8, 4) is 5.75 Å². The molecule has 1 saturated heterocycles. The molecule has 1 heterocycles. The number of amides is 1. The molecule has 1 aliphatic heterocycles. The number of rotatable bonds is 8. The summed E-state index contributed by atoms with van der Waals surface area (Å²) in [6.07, 6.45) is 0.658. The van der Waals surface area contributed by atoms with Gasteiger partial charge in [-0.25, -0.2) is 0 Å². The van der Waals surface area contributed by atoms with Crippen LogP contribution in [0.4, 0.5) is 0 Å². The number of benzene rings is 2. The number of methoxy groups -OCH3 is 1. The summed E-state index contributed by atoms with van der Waals surface area (Å²) in [7, 11) is 1.62. The molecule has 0 aromatic heterocycles. The lowest BCUT2D eigenvalue weighted by Crippen LogP contribution is -2.34. The summed E-state index contributed by atoms with van der Waals surface area (Å²) >= 11 is 6.79. The zero-order valence-electron chi connectivity index (χ0n) is 15.5. The van der Waals surface area contributed by atoms with Gasteiger partial charge >= 0.3 is 0 Å². The second kappa shape index (κ2) is 9.35. The SMILES string of the molecule is COCCN1C(=O)[C@@H](Cc2ccc(OCc3ccc(C)cc3)cc2)SC1=S. The minimum absolute atomic E-state index is 0.0711. The van der Waals surface area contributed by atoms with Crippen LogP contribution in [0.1, 0.15) is 16.7 Å². The van der Waals surface area contributed by atoms with E-state index >= 15 is 0 Å². The predicted octanol–water partition coefficient (Wildman–Crippen LogP) is 3.99. The standard InChI is InChI=1S/C21H23NO3S2/c1-15-3-5-17(6-4-15)14-25-18-9-7-16(8-10-18)13-19-20(23)22(11-12-24-2)21(26)27-19/h3-10,19H,11-14H2,1-2H3/t19-/m1/s1. The van der Waals surface area contributed by atoms with E-state index in [4.69, 9.17) is 21.7 Å². The van der Waals surface area contributed by atoms with Crippen LogP contribution in [-0.4, -0.2) is 40.6 Å². The van der Waals surface area contributed by atoms with Gasteiger partial charge < -0.3 is 9.47 Å². The Kier molecular flexibility index (Phi) is 6.88. The highest BCUT2D eigenvalue weighted by molar-refractivity contribution is 8.24. The van der Waals surface area contributed by atoms with E-state index in [0.717, 1.165) is 16.9 Å². The average Bonchev–Trinajstić information content (AvgIpc) is 2.94. The molecule has 1 amide bonds. The lowest BCUT2D eigenvalue weighted by Gasteiger charge is -2.14. The van der Waals surface area contributed by atoms with Gasteiger partial charge in [-0.3, -0.25) is 9.69 Å². The van der Waals surface area contributed by atoms with Crippen LogP contribution in [-0.2, 0) is 22.6 Å². The van der Waals surface area contributed by atoms with Crippen molar-refractivity contribution in [3.05, 3.63) is 65.2 Å². The van der Waals surface area contributed by atoms with Gasteiger partial charge in [0.1, 0.15) is 16.7 Å². The summed E-state index contributed by atoms with van der Waals surface area (Å²) in [4.78, 5) is 14.2. The summed E-state index contributed by atoms with van der Waals surface area (Å²) in [5.74, 6) is 0.892. The summed E-state index contributed by atoms with van der Waals surface area (Å²) in [5.41, 5.74) is 3.48. The van der Waals surface area contributed by atoms with Crippen molar-refractivity contribution in [3.63, 3.8) is 0 Å². The molecule has 0 bridgehead atoms. The number of hydrogen-bond acceptors (Lipinski definition) is 5. The minimum atomic E-state index is -0.159. The van der Waals surface area contributed by atoms with Gasteiger partial charge in [0.05, 0.1) is 18.4 Å². The molecule has 142 valence electrons. The van der Waals surface area contributed by atoms with Crippen molar-refractivity contribution in [2.24, 2.45) is 0 Å². The molecule has 3 rings (SSSR count). The largest absolute Gasteiger partial charge is 0.489 e. The topological polar surface area (TPSA) is 38.8 Å². The van der Waals surface area contributed by atoms with E-state index in [0.29, 0.717) is 30.5 Å². The van der Waals surface area contributed by atoms with Gasteiger partial charge in [0, 0.05) is 7.11 Å². The van der Waals surface area contributed by atoms with Crippen molar-refractivity contribution >= 4 is 34.2 Å². The first-order valence-corrected chi connectivity index (χ1v) is 10.1. The molecule has 27 heavy (non-hydrogen) atoms. The minimum Gasteiger partial charge on any atom is -0.489 e. The quantitative estimate of drug-likeness (QED) is 0.626. The van der Waals surface area contributed by atoms with Crippen molar-refractivity contribution in [2.75, 3.05) is 20.3 Å². The number of carbonyl (C=O) groups is 1. The fourth-order valence-electron chi connectivity index (χ4n) is 2.80. The molecule has 6 heteroatoms. The van der Waals surface area contributed by atoms with E-state index in [9.17, 15) is 4.79 Å². The summed E-state index contributed by atoms with van der Waals surface area (Å²) in [5, 5.41) is -0.159. The van der Waals surface area contributed by atoms with Crippen LogP contribution in [0.3, 0.4) is 0 Å². The first-order chi connectivity index (χ1) is 13.1. The molecule has 2 aromatic rings. The van der Waals surface area contributed by atoms with Gasteiger partial charge in [0.2, 0.25) is 5.91 Å². The van der Waals surface area contributed by atoms with Crippen LogP contribution >= 0.6 is 24.0 Å². The molecule has 1 aliphatic rings. The summed E-state index contributed by atoms with van der Waals surface area (Å²) in [6, 6.07) is 16.2. The molecule has 1 fully saturated rings. The average molecular weight is 402 g/mol. The number of thioether (sulfide) groups is 1. The van der Waals surface area contributed by atoms with Crippen molar-refractivity contribution in [2.45, 2.75) is 25.2 Å². The molecule has 0 radical (unpaired) electrons. The summed E-state index contributed by atoms with van der Waals surface area (Å²) < 4.78 is 11.5. The number of nitrogens with zero attached hydrogens (tertiary/aromatic N) is 1. The molecule has 0 spiro atoms. The van der Waals surface area contributed by atoms with Gasteiger partial charge in [-0.05, 0) is 36.6 Å². The van der Waals surface area contributed by atoms with E-state index in [1.807, 2.05) is 24.3 Å². The third kappa shape index (κ3) is 5.31. The van der Waals surface area contributed by atoms with Crippen LogP contribution in [0, 0.1) is 6.92 Å². The van der Waals surface area contributed by atoms with Gasteiger partial charge in [-0.2, -0.15) is 0 Å². The monoisotopic (exact) mass is 401 g/mol. The van der Waals surface area contributed by atoms with Gasteiger partial charge in [-0.15, -0.1) is 0 Å². The third-order valence-electron chi connectivity index (χ3n) is 4.39. The van der Waals surface area contributed by atoms with Crippen LogP contribution in [0.15, 0.2) is 48.5 Å². The van der Waals surface area contributed by atoms with Crippen LogP contribution < -0.4 is 4.74 Å². The van der Waals surface area contributed by atoms with Crippen LogP contribution in [0.5, 0.6) is 5.75 Å². The molecule has 0 unspecified atom stereocenters. The van der Waals surface area contributed by atoms with Gasteiger partial charge in [0.25, 0.3) is 0 Å². The molecule has 4 nitrogen and oxygen atoms in total. The van der Waals surface area contributed by atoms with E-state index < -0.39 is 0 Å². The van der Waals surface area contributed by atoms with Gasteiger partial charge in [-0.1, -0.05) is 65.9 Å². The Morgan fingerprint density at radius 3 is 2.41 bits per heavy atom. The van der Waals surface area contributed by atoms with Gasteiger partial charge in [0.15, 0.2) is 0 Å². The fourth-order valence-corrected chi connectivity index (χ4v) is 4.38. The Morgan fingerprint density at radius 1 is 1.07 bits per heavy atom. The zero-order chi connectivity index (χ0) is 19.2. The Balaban J connectivity index is 1.54. The third-order valence-corrected chi connectivity index (χ3v) is 5.98. The van der Waals surface area contributed by atoms with Crippen molar-refractivity contribution in [1.82, 2.24) is 4.90 Å². The highest BCUT2D eigenvalue weighted by Crippen LogP contribution is 2.30. The van der Waals surface area contributed by atoms with Crippen molar-refractivity contribution in [1.29, 1.82) is 0 Å². The first-order valence-electron chi connectivity index (χ1n) is 8.85. The second-order valence-corrected chi connectivity index (χ2v) is 8.31. The smallest absolute Gasteiger partial charge is 0.242 e. The molecule has 2 aromatic carbocycles. The maximum absolute atomic E-state index is 12.5.